The lowest BCUT2D eigenvalue weighted by molar-refractivity contribution is -0.122. The minimum Gasteiger partial charge on any atom is -0.444 e. The normalized spacial score (nSPS) is 10.8. The van der Waals surface area contributed by atoms with E-state index in [2.05, 4.69) is 42.5 Å². The molecule has 12 heteroatoms. The van der Waals surface area contributed by atoms with Crippen LogP contribution in [0.4, 0.5) is 31.0 Å². The summed E-state index contributed by atoms with van der Waals surface area (Å²) in [6.07, 6.45) is 3.02. The van der Waals surface area contributed by atoms with Gasteiger partial charge in [0.2, 0.25) is 11.9 Å². The highest BCUT2D eigenvalue weighted by Crippen LogP contribution is 2.22. The minimum atomic E-state index is -2.92. The van der Waals surface area contributed by atoms with Gasteiger partial charge in [-0.2, -0.15) is 13.8 Å². The van der Waals surface area contributed by atoms with Gasteiger partial charge >= 0.3 is 12.7 Å². The average Bonchev–Trinajstić information content (AvgIpc) is 2.84. The van der Waals surface area contributed by atoms with Gasteiger partial charge in [-0.15, -0.1) is 0 Å². The van der Waals surface area contributed by atoms with Crippen molar-refractivity contribution in [2.45, 2.75) is 59.2 Å². The van der Waals surface area contributed by atoms with Crippen molar-refractivity contribution in [3.8, 4) is 17.6 Å². The number of alkyl halides is 2. The van der Waals surface area contributed by atoms with Gasteiger partial charge in [0.15, 0.2) is 0 Å². The molecule has 10 nitrogen and oxygen atoms in total. The first-order chi connectivity index (χ1) is 18.5. The summed E-state index contributed by atoms with van der Waals surface area (Å²) in [5, 5.41) is 8.96. The first-order valence-electron chi connectivity index (χ1n) is 12.6. The molecule has 0 aliphatic rings. The number of hydrogen-bond acceptors (Lipinski definition) is 8. The van der Waals surface area contributed by atoms with E-state index < -0.39 is 18.3 Å². The van der Waals surface area contributed by atoms with Gasteiger partial charge in [-0.3, -0.25) is 4.79 Å². The molecule has 212 valence electrons. The highest BCUT2D eigenvalue weighted by Gasteiger charge is 2.20. The number of nitrogens with one attached hydrogen (secondary N) is 3. The highest BCUT2D eigenvalue weighted by molar-refractivity contribution is 5.82. The maximum absolute atomic E-state index is 12.5. The van der Waals surface area contributed by atoms with Gasteiger partial charge in [0.25, 0.3) is 0 Å². The molecule has 2 aromatic rings. The third-order valence-corrected chi connectivity index (χ3v) is 4.76. The van der Waals surface area contributed by atoms with E-state index in [1.807, 2.05) is 6.92 Å². The number of carbonyl (C=O) groups excluding carboxylic acids is 2. The Hall–Kier alpha value is -4.14. The zero-order valence-corrected chi connectivity index (χ0v) is 22.9. The predicted molar refractivity (Wildman–Crippen MR) is 145 cm³/mol. The third-order valence-electron chi connectivity index (χ3n) is 4.76. The summed E-state index contributed by atoms with van der Waals surface area (Å²) in [5.74, 6) is 6.66. The fourth-order valence-electron chi connectivity index (χ4n) is 3.03. The van der Waals surface area contributed by atoms with Gasteiger partial charge in [-0.25, -0.2) is 9.78 Å². The van der Waals surface area contributed by atoms with Gasteiger partial charge in [0.05, 0.1) is 11.8 Å². The van der Waals surface area contributed by atoms with Crippen molar-refractivity contribution in [1.82, 2.24) is 20.2 Å². The Morgan fingerprint density at radius 1 is 1.21 bits per heavy atom. The van der Waals surface area contributed by atoms with E-state index in [-0.39, 0.29) is 24.1 Å². The number of hydrogen-bond donors (Lipinski definition) is 3. The maximum atomic E-state index is 12.5. The number of carbonyl (C=O) groups is 2. The van der Waals surface area contributed by atoms with Crippen LogP contribution >= 0.6 is 0 Å². The number of likely N-dealkylation sites (N-methyl/N-ethyl adjacent to an activating group) is 1. The highest BCUT2D eigenvalue weighted by atomic mass is 19.3. The van der Waals surface area contributed by atoms with Crippen molar-refractivity contribution in [1.29, 1.82) is 0 Å². The van der Waals surface area contributed by atoms with Crippen molar-refractivity contribution in [2.75, 3.05) is 37.3 Å². The van der Waals surface area contributed by atoms with Gasteiger partial charge in [-0.1, -0.05) is 24.8 Å². The SMILES string of the molecule is CCCNc1nc(Nc2cccc(OC(F)F)c2)ncc1C#CCCCNC(=O)CN(C)C(=O)OC(C)(C)C. The Labute approximate surface area is 227 Å². The number of nitrogens with zero attached hydrogens (tertiary/aromatic N) is 3. The summed E-state index contributed by atoms with van der Waals surface area (Å²) in [6, 6.07) is 6.12. The van der Waals surface area contributed by atoms with Crippen LogP contribution in [-0.4, -0.2) is 65.8 Å². The van der Waals surface area contributed by atoms with Crippen LogP contribution in [0.15, 0.2) is 30.5 Å². The first kappa shape index (κ1) is 31.1. The maximum Gasteiger partial charge on any atom is 0.410 e. The van der Waals surface area contributed by atoms with Crippen LogP contribution in [-0.2, 0) is 9.53 Å². The molecule has 3 N–H and O–H groups in total. The minimum absolute atomic E-state index is 0.0214. The molecule has 0 bridgehead atoms. The Morgan fingerprint density at radius 2 is 1.97 bits per heavy atom. The number of unbranched alkanes of at least 4 members (excludes halogenated alkanes) is 1. The molecule has 0 fully saturated rings. The molecule has 0 unspecified atom stereocenters. The predicted octanol–water partition coefficient (Wildman–Crippen LogP) is 4.76. The summed E-state index contributed by atoms with van der Waals surface area (Å²) in [7, 11) is 1.51. The molecule has 0 radical (unpaired) electrons. The van der Waals surface area contributed by atoms with Crippen LogP contribution in [0.1, 0.15) is 52.5 Å². The lowest BCUT2D eigenvalue weighted by Gasteiger charge is -2.24. The van der Waals surface area contributed by atoms with Gasteiger partial charge < -0.3 is 30.3 Å². The number of rotatable bonds is 12. The molecule has 2 rings (SSSR count). The van der Waals surface area contributed by atoms with Crippen molar-refractivity contribution < 1.29 is 27.8 Å². The number of halogens is 2. The Morgan fingerprint density at radius 3 is 2.67 bits per heavy atom. The second kappa shape index (κ2) is 15.3. The molecule has 1 heterocycles. The van der Waals surface area contributed by atoms with Gasteiger partial charge in [-0.05, 0) is 45.7 Å². The number of ether oxygens (including phenoxy) is 2. The Balaban J connectivity index is 1.90. The van der Waals surface area contributed by atoms with E-state index in [0.29, 0.717) is 43.0 Å². The lowest BCUT2D eigenvalue weighted by atomic mass is 10.2. The van der Waals surface area contributed by atoms with E-state index in [1.165, 1.54) is 24.1 Å². The van der Waals surface area contributed by atoms with Gasteiger partial charge in [0, 0.05) is 38.3 Å². The number of amides is 2. The molecule has 0 saturated heterocycles. The summed E-state index contributed by atoms with van der Waals surface area (Å²) < 4.78 is 34.6. The van der Waals surface area contributed by atoms with Crippen LogP contribution in [0.25, 0.3) is 0 Å². The topological polar surface area (TPSA) is 118 Å². The number of benzene rings is 1. The van der Waals surface area contributed by atoms with Crippen molar-refractivity contribution in [3.05, 3.63) is 36.0 Å². The summed E-state index contributed by atoms with van der Waals surface area (Å²) in [4.78, 5) is 34.0. The van der Waals surface area contributed by atoms with Crippen LogP contribution in [0, 0.1) is 11.8 Å². The summed E-state index contributed by atoms with van der Waals surface area (Å²) in [5.41, 5.74) is 0.466. The molecular weight excluding hydrogens is 510 g/mol. The molecular formula is C27H36F2N6O4. The third kappa shape index (κ3) is 12.3. The van der Waals surface area contributed by atoms with E-state index in [1.54, 1.807) is 39.1 Å². The Bertz CT molecular complexity index is 1160. The molecule has 1 aromatic heterocycles. The molecule has 39 heavy (non-hydrogen) atoms. The zero-order valence-electron chi connectivity index (χ0n) is 22.9. The van der Waals surface area contributed by atoms with Crippen LogP contribution in [0.3, 0.4) is 0 Å². The lowest BCUT2D eigenvalue weighted by Crippen LogP contribution is -2.41. The molecule has 0 spiro atoms. The van der Waals surface area contributed by atoms with Crippen LogP contribution in [0.2, 0.25) is 0 Å². The fourth-order valence-corrected chi connectivity index (χ4v) is 3.03. The van der Waals surface area contributed by atoms with Crippen molar-refractivity contribution in [3.63, 3.8) is 0 Å². The molecule has 1 aromatic carbocycles. The van der Waals surface area contributed by atoms with Crippen LogP contribution < -0.4 is 20.7 Å². The second-order valence-corrected chi connectivity index (χ2v) is 9.51. The summed E-state index contributed by atoms with van der Waals surface area (Å²) >= 11 is 0. The fraction of sp³-hybridized carbons (Fsp3) is 0.481. The standard InChI is InChI=1S/C27H36F2N6O4/c1-6-14-31-23-19(17-32-25(34-23)33-20-12-10-13-21(16-20)38-24(28)29)11-8-7-9-15-30-22(36)18-35(5)26(37)39-27(2,3)4/h10,12-13,16-17,24H,6-7,9,14-15,18H2,1-5H3,(H,30,36)(H2,31,32,33,34). The average molecular weight is 547 g/mol. The van der Waals surface area contributed by atoms with Crippen molar-refractivity contribution >= 4 is 29.5 Å². The van der Waals surface area contributed by atoms with E-state index in [9.17, 15) is 18.4 Å². The first-order valence-corrected chi connectivity index (χ1v) is 12.6. The molecule has 0 saturated carbocycles. The zero-order chi connectivity index (χ0) is 28.8. The van der Waals surface area contributed by atoms with E-state index in [4.69, 9.17) is 4.74 Å². The smallest absolute Gasteiger partial charge is 0.410 e. The monoisotopic (exact) mass is 546 g/mol. The second-order valence-electron chi connectivity index (χ2n) is 9.51. The molecule has 2 amide bonds. The van der Waals surface area contributed by atoms with Gasteiger partial charge in [0.1, 0.15) is 23.7 Å². The van der Waals surface area contributed by atoms with Crippen molar-refractivity contribution in [2.24, 2.45) is 0 Å². The molecule has 0 aliphatic carbocycles. The number of aromatic nitrogens is 2. The van der Waals surface area contributed by atoms with E-state index in [0.717, 1.165) is 6.42 Å². The quantitative estimate of drug-likeness (QED) is 0.258. The Kier molecular flexibility index (Phi) is 12.2. The van der Waals surface area contributed by atoms with Crippen LogP contribution in [0.5, 0.6) is 5.75 Å². The largest absolute Gasteiger partial charge is 0.444 e. The molecule has 0 atom stereocenters. The van der Waals surface area contributed by atoms with E-state index >= 15 is 0 Å². The molecule has 0 aliphatic heterocycles. The number of anilines is 3. The summed E-state index contributed by atoms with van der Waals surface area (Å²) in [6.45, 7) is 5.36.